The maximum absolute atomic E-state index is 13.9. The average molecular weight is 431 g/mol. The Kier molecular flexibility index (Phi) is 4.71. The number of anilines is 1. The van der Waals surface area contributed by atoms with Gasteiger partial charge in [-0.2, -0.15) is 0 Å². The number of alkyl halides is 1. The second kappa shape index (κ2) is 7.44. The molecule has 1 atom stereocenters. The van der Waals surface area contributed by atoms with E-state index in [0.29, 0.717) is 29.6 Å². The zero-order chi connectivity index (χ0) is 21.7. The standard InChI is InChI=1S/C21H20F3N5O2/c22-8-16-9-27(3-4-28(16)21(30)31)19-18-17(12-1-2-12)10-29(20(18)26-11-25-19)15-6-13(23)5-14(24)7-15/h5-7,10-12,16H,1-4,8-9H2,(H,30,31)/t16-/m0/s1. The van der Waals surface area contributed by atoms with E-state index in [2.05, 4.69) is 9.97 Å². The van der Waals surface area contributed by atoms with E-state index in [4.69, 9.17) is 0 Å². The average Bonchev–Trinajstić information content (AvgIpc) is 3.52. The SMILES string of the molecule is O=C(O)N1CCN(c2ncnc3c2c(C2CC2)cn3-c2cc(F)cc(F)c2)C[C@@H]1CF. The van der Waals surface area contributed by atoms with E-state index in [1.807, 2.05) is 11.1 Å². The highest BCUT2D eigenvalue weighted by molar-refractivity contribution is 5.93. The number of halogens is 3. The Morgan fingerprint density at radius 2 is 1.87 bits per heavy atom. The summed E-state index contributed by atoms with van der Waals surface area (Å²) in [7, 11) is 0. The molecule has 5 rings (SSSR count). The quantitative estimate of drug-likeness (QED) is 0.682. The summed E-state index contributed by atoms with van der Waals surface area (Å²) in [5, 5.41) is 10.1. The molecule has 0 radical (unpaired) electrons. The van der Waals surface area contributed by atoms with Crippen LogP contribution in [0.5, 0.6) is 0 Å². The van der Waals surface area contributed by atoms with Crippen LogP contribution < -0.4 is 4.90 Å². The first-order valence-corrected chi connectivity index (χ1v) is 10.1. The van der Waals surface area contributed by atoms with Crippen LogP contribution in [-0.2, 0) is 0 Å². The highest BCUT2D eigenvalue weighted by Gasteiger charge is 2.34. The zero-order valence-corrected chi connectivity index (χ0v) is 16.5. The van der Waals surface area contributed by atoms with Crippen molar-refractivity contribution in [1.82, 2.24) is 19.4 Å². The fourth-order valence-corrected chi connectivity index (χ4v) is 4.32. The number of rotatable bonds is 4. The molecule has 7 nitrogen and oxygen atoms in total. The summed E-state index contributed by atoms with van der Waals surface area (Å²) in [5.74, 6) is -0.487. The number of hydrogen-bond donors (Lipinski definition) is 1. The van der Waals surface area contributed by atoms with Gasteiger partial charge in [-0.1, -0.05) is 0 Å². The Morgan fingerprint density at radius 1 is 1.13 bits per heavy atom. The van der Waals surface area contributed by atoms with E-state index in [0.717, 1.165) is 34.8 Å². The lowest BCUT2D eigenvalue weighted by atomic mass is 10.1. The second-order valence-corrected chi connectivity index (χ2v) is 7.98. The molecule has 1 aliphatic carbocycles. The summed E-state index contributed by atoms with van der Waals surface area (Å²) in [6, 6.07) is 2.51. The zero-order valence-electron chi connectivity index (χ0n) is 16.5. The Hall–Kier alpha value is -3.30. The smallest absolute Gasteiger partial charge is 0.407 e. The minimum atomic E-state index is -1.15. The van der Waals surface area contributed by atoms with Crippen molar-refractivity contribution in [3.63, 3.8) is 0 Å². The highest BCUT2D eigenvalue weighted by Crippen LogP contribution is 2.46. The predicted molar refractivity (Wildman–Crippen MR) is 107 cm³/mol. The Bertz CT molecular complexity index is 1140. The Balaban J connectivity index is 1.62. The van der Waals surface area contributed by atoms with Gasteiger partial charge in [0.25, 0.3) is 0 Å². The van der Waals surface area contributed by atoms with Crippen molar-refractivity contribution in [1.29, 1.82) is 0 Å². The minimum absolute atomic E-state index is 0.157. The summed E-state index contributed by atoms with van der Waals surface area (Å²) in [6.07, 6.45) is 4.05. The molecule has 1 saturated heterocycles. The van der Waals surface area contributed by atoms with Crippen LogP contribution in [0.3, 0.4) is 0 Å². The van der Waals surface area contributed by atoms with Crippen LogP contribution in [0.25, 0.3) is 16.7 Å². The molecular formula is C21H20F3N5O2. The topological polar surface area (TPSA) is 74.5 Å². The van der Waals surface area contributed by atoms with Gasteiger partial charge in [0.2, 0.25) is 0 Å². The summed E-state index contributed by atoms with van der Waals surface area (Å²) in [4.78, 5) is 23.2. The number of nitrogens with zero attached hydrogens (tertiary/aromatic N) is 5. The van der Waals surface area contributed by atoms with E-state index in [1.165, 1.54) is 18.5 Å². The molecule has 10 heteroatoms. The Morgan fingerprint density at radius 3 is 2.52 bits per heavy atom. The molecule has 2 aliphatic rings. The van der Waals surface area contributed by atoms with E-state index in [9.17, 15) is 23.1 Å². The van der Waals surface area contributed by atoms with Gasteiger partial charge in [0.1, 0.15) is 36.1 Å². The number of carbonyl (C=O) groups is 1. The van der Waals surface area contributed by atoms with E-state index in [-0.39, 0.29) is 13.1 Å². The molecular weight excluding hydrogens is 411 g/mol. The maximum atomic E-state index is 13.9. The van der Waals surface area contributed by atoms with Gasteiger partial charge in [-0.15, -0.1) is 0 Å². The van der Waals surface area contributed by atoms with Gasteiger partial charge in [-0.3, -0.25) is 4.90 Å². The van der Waals surface area contributed by atoms with Gasteiger partial charge in [0, 0.05) is 31.9 Å². The lowest BCUT2D eigenvalue weighted by Gasteiger charge is -2.39. The van der Waals surface area contributed by atoms with Crippen molar-refractivity contribution >= 4 is 22.9 Å². The highest BCUT2D eigenvalue weighted by atomic mass is 19.1. The monoisotopic (exact) mass is 431 g/mol. The lowest BCUT2D eigenvalue weighted by Crippen LogP contribution is -2.56. The lowest BCUT2D eigenvalue weighted by molar-refractivity contribution is 0.108. The number of amides is 1. The number of fused-ring (bicyclic) bond motifs is 1. The van der Waals surface area contributed by atoms with Gasteiger partial charge in [0.05, 0.1) is 17.1 Å². The predicted octanol–water partition coefficient (Wildman–Crippen LogP) is 3.71. The van der Waals surface area contributed by atoms with Gasteiger partial charge in [-0.05, 0) is 36.5 Å². The van der Waals surface area contributed by atoms with Gasteiger partial charge in [-0.25, -0.2) is 27.9 Å². The number of piperazine rings is 1. The fourth-order valence-electron chi connectivity index (χ4n) is 4.32. The van der Waals surface area contributed by atoms with Crippen molar-refractivity contribution in [2.45, 2.75) is 24.8 Å². The molecule has 1 aromatic carbocycles. The van der Waals surface area contributed by atoms with Crippen LogP contribution in [0, 0.1) is 11.6 Å². The molecule has 31 heavy (non-hydrogen) atoms. The largest absolute Gasteiger partial charge is 0.465 e. The van der Waals surface area contributed by atoms with Crippen LogP contribution >= 0.6 is 0 Å². The molecule has 3 aromatic rings. The van der Waals surface area contributed by atoms with Crippen LogP contribution in [0.2, 0.25) is 0 Å². The molecule has 2 aromatic heterocycles. The summed E-state index contributed by atoms with van der Waals surface area (Å²) in [6.45, 7) is -0.113. The second-order valence-electron chi connectivity index (χ2n) is 7.98. The van der Waals surface area contributed by atoms with E-state index >= 15 is 0 Å². The van der Waals surface area contributed by atoms with Gasteiger partial charge in [0.15, 0.2) is 0 Å². The van der Waals surface area contributed by atoms with Gasteiger partial charge >= 0.3 is 6.09 Å². The molecule has 0 unspecified atom stereocenters. The molecule has 1 amide bonds. The van der Waals surface area contributed by atoms with Crippen LogP contribution in [0.15, 0.2) is 30.7 Å². The van der Waals surface area contributed by atoms with Crippen LogP contribution in [0.4, 0.5) is 23.8 Å². The number of carboxylic acid groups (broad SMARTS) is 1. The number of benzene rings is 1. The molecule has 0 bridgehead atoms. The Labute approximate surface area is 175 Å². The van der Waals surface area contributed by atoms with Crippen molar-refractivity contribution in [2.75, 3.05) is 31.2 Å². The first-order chi connectivity index (χ1) is 15.0. The minimum Gasteiger partial charge on any atom is -0.465 e. The molecule has 3 heterocycles. The third-order valence-corrected chi connectivity index (χ3v) is 5.94. The van der Waals surface area contributed by atoms with Crippen molar-refractivity contribution in [2.24, 2.45) is 0 Å². The molecule has 1 saturated carbocycles. The maximum Gasteiger partial charge on any atom is 0.407 e. The van der Waals surface area contributed by atoms with Crippen molar-refractivity contribution in [3.05, 3.63) is 47.9 Å². The third-order valence-electron chi connectivity index (χ3n) is 5.94. The molecule has 1 aliphatic heterocycles. The summed E-state index contributed by atoms with van der Waals surface area (Å²) >= 11 is 0. The molecule has 162 valence electrons. The molecule has 0 spiro atoms. The van der Waals surface area contributed by atoms with Crippen LogP contribution in [0.1, 0.15) is 24.3 Å². The van der Waals surface area contributed by atoms with E-state index < -0.39 is 30.4 Å². The number of aromatic nitrogens is 3. The molecule has 2 fully saturated rings. The third kappa shape index (κ3) is 3.45. The fraction of sp³-hybridized carbons (Fsp3) is 0.381. The number of hydrogen-bond acceptors (Lipinski definition) is 4. The summed E-state index contributed by atoms with van der Waals surface area (Å²) < 4.78 is 43.0. The van der Waals surface area contributed by atoms with Crippen molar-refractivity contribution in [3.8, 4) is 5.69 Å². The van der Waals surface area contributed by atoms with Crippen molar-refractivity contribution < 1.29 is 23.1 Å². The van der Waals surface area contributed by atoms with E-state index in [1.54, 1.807) is 4.57 Å². The van der Waals surface area contributed by atoms with Crippen LogP contribution in [-0.4, -0.2) is 63.0 Å². The first-order valence-electron chi connectivity index (χ1n) is 10.1. The normalized spacial score (nSPS) is 19.3. The van der Waals surface area contributed by atoms with Gasteiger partial charge < -0.3 is 14.6 Å². The molecule has 1 N–H and O–H groups in total. The first kappa shape index (κ1) is 19.7. The summed E-state index contributed by atoms with van der Waals surface area (Å²) in [5.41, 5.74) is 1.80.